The van der Waals surface area contributed by atoms with Gasteiger partial charge >= 0.3 is 0 Å². The zero-order valence-electron chi connectivity index (χ0n) is 20.6. The molecule has 0 saturated carbocycles. The molecule has 5 nitrogen and oxygen atoms in total. The van der Waals surface area contributed by atoms with E-state index in [4.69, 9.17) is 0 Å². The third-order valence-electron chi connectivity index (χ3n) is 4.98. The van der Waals surface area contributed by atoms with E-state index in [-0.39, 0.29) is 5.83 Å². The number of pyridine rings is 1. The zero-order valence-corrected chi connectivity index (χ0v) is 20.6. The molecule has 1 heterocycles. The fraction of sp³-hybridized carbons (Fsp3) is 0.321. The highest BCUT2D eigenvalue weighted by Gasteiger charge is 2.11. The molecule has 0 radical (unpaired) electrons. The van der Waals surface area contributed by atoms with Crippen LogP contribution in [0.15, 0.2) is 89.7 Å². The van der Waals surface area contributed by atoms with Crippen LogP contribution in [0.4, 0.5) is 4.39 Å². The Bertz CT molecular complexity index is 1010. The van der Waals surface area contributed by atoms with E-state index in [1.807, 2.05) is 32.2 Å². The van der Waals surface area contributed by atoms with Gasteiger partial charge in [0.15, 0.2) is 0 Å². The Morgan fingerprint density at radius 2 is 2.09 bits per heavy atom. The van der Waals surface area contributed by atoms with E-state index < -0.39 is 0 Å². The number of aromatic nitrogens is 1. The van der Waals surface area contributed by atoms with Gasteiger partial charge in [-0.15, -0.1) is 0 Å². The summed E-state index contributed by atoms with van der Waals surface area (Å²) in [6.07, 6.45) is 12.9. The van der Waals surface area contributed by atoms with E-state index in [1.165, 1.54) is 18.4 Å². The average molecular weight is 462 g/mol. The number of nitriles is 1. The van der Waals surface area contributed by atoms with Crippen LogP contribution < -0.4 is 10.6 Å². The van der Waals surface area contributed by atoms with Crippen molar-refractivity contribution in [3.63, 3.8) is 0 Å². The molecule has 0 amide bonds. The van der Waals surface area contributed by atoms with Gasteiger partial charge in [0.1, 0.15) is 11.9 Å². The number of allylic oxidation sites excluding steroid dienone is 8. The maximum atomic E-state index is 13.9. The van der Waals surface area contributed by atoms with Crippen molar-refractivity contribution in [3.8, 4) is 6.07 Å². The normalized spacial score (nSPS) is 13.4. The Labute approximate surface area is 203 Å². The highest BCUT2D eigenvalue weighted by atomic mass is 19.1. The third-order valence-corrected chi connectivity index (χ3v) is 4.98. The molecule has 0 bridgehead atoms. The topological polar surface area (TPSA) is 73.1 Å². The summed E-state index contributed by atoms with van der Waals surface area (Å²) >= 11 is 0. The standard InChI is InChI=1S/C28H36FN5/c1-21(2)16-26(29)9-7-8-24(13-14-31-5)10-11-27(18-25(19-30)20-32-6)34-23(4)28-17-22(3)12-15-33-28/h7,9,12,15-18,20,24,31,34H,1,4,6,8,10-11,13-14H2,2-3,5H3/b9-7-,25-20+,26-16+,27-18+. The number of hydrogen-bond donors (Lipinski definition) is 2. The summed E-state index contributed by atoms with van der Waals surface area (Å²) in [5.74, 6) is 0.0220. The highest BCUT2D eigenvalue weighted by Crippen LogP contribution is 2.22. The molecule has 2 N–H and O–H groups in total. The molecule has 6 heteroatoms. The lowest BCUT2D eigenvalue weighted by Gasteiger charge is -2.18. The monoisotopic (exact) mass is 461 g/mol. The van der Waals surface area contributed by atoms with Gasteiger partial charge in [-0.25, -0.2) is 4.39 Å². The molecule has 1 aromatic heterocycles. The molecule has 0 aliphatic heterocycles. The maximum Gasteiger partial charge on any atom is 0.123 e. The van der Waals surface area contributed by atoms with Crippen molar-refractivity contribution < 1.29 is 4.39 Å². The Balaban J connectivity index is 3.02. The number of aliphatic imine (C=N–C) groups is 1. The van der Waals surface area contributed by atoms with Crippen LogP contribution in [-0.4, -0.2) is 25.3 Å². The smallest absolute Gasteiger partial charge is 0.123 e. The lowest BCUT2D eigenvalue weighted by Crippen LogP contribution is -2.16. The van der Waals surface area contributed by atoms with Crippen molar-refractivity contribution in [2.45, 2.75) is 39.5 Å². The maximum absolute atomic E-state index is 13.9. The summed E-state index contributed by atoms with van der Waals surface area (Å²) < 4.78 is 13.9. The fourth-order valence-electron chi connectivity index (χ4n) is 3.26. The molecule has 0 saturated heterocycles. The van der Waals surface area contributed by atoms with Crippen molar-refractivity contribution in [2.24, 2.45) is 10.9 Å². The van der Waals surface area contributed by atoms with Crippen LogP contribution in [0.2, 0.25) is 0 Å². The Kier molecular flexibility index (Phi) is 13.5. The summed E-state index contributed by atoms with van der Waals surface area (Å²) in [4.78, 5) is 8.10. The Hall–Kier alpha value is -3.56. The molecule has 0 fully saturated rings. The first kappa shape index (κ1) is 28.5. The number of halogens is 1. The van der Waals surface area contributed by atoms with Crippen LogP contribution in [0.1, 0.15) is 43.9 Å². The molecular formula is C28H36FN5. The average Bonchev–Trinajstić information content (AvgIpc) is 2.79. The zero-order chi connectivity index (χ0) is 25.3. The molecule has 34 heavy (non-hydrogen) atoms. The van der Waals surface area contributed by atoms with E-state index in [1.54, 1.807) is 19.2 Å². The Morgan fingerprint density at radius 1 is 1.32 bits per heavy atom. The van der Waals surface area contributed by atoms with Crippen LogP contribution in [0, 0.1) is 24.2 Å². The first-order chi connectivity index (χ1) is 16.3. The molecule has 1 aromatic rings. The SMILES string of the molecule is C=N/C=C(C#N)\C=C(/CCC(C/C=C\C(F)=C/C(=C)C)CCNC)NC(=C)c1cc(C)ccn1. The lowest BCUT2D eigenvalue weighted by molar-refractivity contribution is 0.444. The second-order valence-electron chi connectivity index (χ2n) is 8.18. The van der Waals surface area contributed by atoms with Gasteiger partial charge in [0.2, 0.25) is 0 Å². The molecule has 1 unspecified atom stereocenters. The van der Waals surface area contributed by atoms with Crippen molar-refractivity contribution in [3.05, 3.63) is 95.9 Å². The van der Waals surface area contributed by atoms with E-state index >= 15 is 0 Å². The van der Waals surface area contributed by atoms with Crippen LogP contribution in [-0.2, 0) is 0 Å². The highest BCUT2D eigenvalue weighted by molar-refractivity contribution is 5.60. The minimum atomic E-state index is -0.301. The fourth-order valence-corrected chi connectivity index (χ4v) is 3.26. The van der Waals surface area contributed by atoms with E-state index in [0.717, 1.165) is 42.8 Å². The Morgan fingerprint density at radius 3 is 2.71 bits per heavy atom. The van der Waals surface area contributed by atoms with Gasteiger partial charge in [-0.2, -0.15) is 5.26 Å². The number of rotatable bonds is 15. The summed E-state index contributed by atoms with van der Waals surface area (Å²) in [6, 6.07) is 6.01. The van der Waals surface area contributed by atoms with Gasteiger partial charge in [-0.05, 0) is 102 Å². The van der Waals surface area contributed by atoms with Crippen molar-refractivity contribution >= 4 is 12.4 Å². The van der Waals surface area contributed by atoms with Gasteiger partial charge in [-0.3, -0.25) is 9.98 Å². The summed E-state index contributed by atoms with van der Waals surface area (Å²) in [5.41, 5.74) is 4.37. The number of hydrogen-bond acceptors (Lipinski definition) is 5. The number of nitrogens with zero attached hydrogens (tertiary/aromatic N) is 3. The summed E-state index contributed by atoms with van der Waals surface area (Å²) in [6.45, 7) is 15.9. The first-order valence-corrected chi connectivity index (χ1v) is 11.3. The second kappa shape index (κ2) is 16.1. The largest absolute Gasteiger partial charge is 0.358 e. The van der Waals surface area contributed by atoms with E-state index in [0.29, 0.717) is 29.2 Å². The van der Waals surface area contributed by atoms with E-state index in [9.17, 15) is 9.65 Å². The molecule has 0 aliphatic carbocycles. The molecular weight excluding hydrogens is 425 g/mol. The van der Waals surface area contributed by atoms with Crippen molar-refractivity contribution in [1.82, 2.24) is 15.6 Å². The predicted molar refractivity (Wildman–Crippen MR) is 142 cm³/mol. The minimum Gasteiger partial charge on any atom is -0.358 e. The van der Waals surface area contributed by atoms with Gasteiger partial charge in [-0.1, -0.05) is 24.8 Å². The van der Waals surface area contributed by atoms with Crippen LogP contribution in [0.5, 0.6) is 0 Å². The molecule has 0 aromatic carbocycles. The molecule has 1 atom stereocenters. The first-order valence-electron chi connectivity index (χ1n) is 11.3. The third kappa shape index (κ3) is 11.9. The summed E-state index contributed by atoms with van der Waals surface area (Å²) in [7, 11) is 1.92. The second-order valence-corrected chi connectivity index (χ2v) is 8.18. The molecule has 0 aliphatic rings. The van der Waals surface area contributed by atoms with E-state index in [2.05, 4.69) is 46.6 Å². The van der Waals surface area contributed by atoms with Gasteiger partial charge in [0, 0.05) is 18.1 Å². The van der Waals surface area contributed by atoms with Crippen molar-refractivity contribution in [2.75, 3.05) is 13.6 Å². The molecule has 1 rings (SSSR count). The predicted octanol–water partition coefficient (Wildman–Crippen LogP) is 6.32. The quantitative estimate of drug-likeness (QED) is 0.182. The van der Waals surface area contributed by atoms with Crippen molar-refractivity contribution in [1.29, 1.82) is 5.26 Å². The molecule has 0 spiro atoms. The van der Waals surface area contributed by atoms with Gasteiger partial charge in [0.25, 0.3) is 0 Å². The van der Waals surface area contributed by atoms with Gasteiger partial charge < -0.3 is 10.6 Å². The van der Waals surface area contributed by atoms with Gasteiger partial charge in [0.05, 0.1) is 17.0 Å². The summed E-state index contributed by atoms with van der Waals surface area (Å²) in [5, 5.41) is 16.0. The minimum absolute atomic E-state index is 0.301. The van der Waals surface area contributed by atoms with Crippen LogP contribution in [0.3, 0.4) is 0 Å². The number of nitrogens with one attached hydrogen (secondary N) is 2. The number of aryl methyl sites for hydroxylation is 1. The van der Waals surface area contributed by atoms with Crippen LogP contribution in [0.25, 0.3) is 5.70 Å². The lowest BCUT2D eigenvalue weighted by atomic mass is 9.94. The van der Waals surface area contributed by atoms with Crippen LogP contribution >= 0.6 is 0 Å². The molecule has 180 valence electrons.